The Hall–Kier alpha value is -2.87. The summed E-state index contributed by atoms with van der Waals surface area (Å²) >= 11 is 3.31. The molecule has 148 valence electrons. The lowest BCUT2D eigenvalue weighted by molar-refractivity contribution is -0.116. The van der Waals surface area contributed by atoms with Gasteiger partial charge in [-0.05, 0) is 64.8 Å². The first-order chi connectivity index (χ1) is 13.4. The molecule has 0 atom stereocenters. The van der Waals surface area contributed by atoms with Crippen LogP contribution in [-0.2, 0) is 4.79 Å². The lowest BCUT2D eigenvalue weighted by Crippen LogP contribution is -2.41. The van der Waals surface area contributed by atoms with Crippen molar-refractivity contribution in [1.82, 2.24) is 10.9 Å². The molecule has 0 saturated carbocycles. The van der Waals surface area contributed by atoms with Crippen LogP contribution in [0.5, 0.6) is 5.75 Å². The molecule has 0 aliphatic heterocycles. The monoisotopic (exact) mass is 447 g/mol. The van der Waals surface area contributed by atoms with Crippen LogP contribution in [0.3, 0.4) is 0 Å². The molecule has 0 spiro atoms. The van der Waals surface area contributed by atoms with Crippen LogP contribution in [0.2, 0.25) is 0 Å². The molecule has 8 heteroatoms. The van der Waals surface area contributed by atoms with Crippen molar-refractivity contribution in [2.24, 2.45) is 0 Å². The van der Waals surface area contributed by atoms with Gasteiger partial charge in [0.05, 0.1) is 11.6 Å². The van der Waals surface area contributed by atoms with Crippen molar-refractivity contribution < 1.29 is 19.1 Å². The first-order valence-electron chi connectivity index (χ1n) is 8.78. The van der Waals surface area contributed by atoms with Crippen LogP contribution in [0, 0.1) is 0 Å². The zero-order valence-corrected chi connectivity index (χ0v) is 17.3. The number of amides is 3. The van der Waals surface area contributed by atoms with Crippen LogP contribution >= 0.6 is 15.9 Å². The maximum Gasteiger partial charge on any atom is 0.269 e. The number of hydrogen-bond donors (Lipinski definition) is 3. The highest BCUT2D eigenvalue weighted by atomic mass is 79.9. The standard InChI is InChI=1S/C20H22BrN3O4/c1-3-4-5-18(25)22-15-9-6-13(7-10-15)19(26)23-24-20(27)14-8-11-17(28-2)16(21)12-14/h6-12H,3-5H2,1-2H3,(H,22,25)(H,23,26)(H,24,27). The summed E-state index contributed by atoms with van der Waals surface area (Å²) in [7, 11) is 1.53. The molecule has 0 heterocycles. The number of anilines is 1. The molecule has 3 amide bonds. The Morgan fingerprint density at radius 2 is 1.57 bits per heavy atom. The van der Waals surface area contributed by atoms with Crippen molar-refractivity contribution in [3.63, 3.8) is 0 Å². The summed E-state index contributed by atoms with van der Waals surface area (Å²) in [6.07, 6.45) is 2.24. The van der Waals surface area contributed by atoms with E-state index in [0.717, 1.165) is 12.8 Å². The van der Waals surface area contributed by atoms with Gasteiger partial charge in [0.2, 0.25) is 5.91 Å². The highest BCUT2D eigenvalue weighted by molar-refractivity contribution is 9.10. The Bertz CT molecular complexity index is 853. The van der Waals surface area contributed by atoms with Crippen LogP contribution in [0.1, 0.15) is 46.9 Å². The van der Waals surface area contributed by atoms with Crippen LogP contribution in [0.15, 0.2) is 46.9 Å². The smallest absolute Gasteiger partial charge is 0.269 e. The lowest BCUT2D eigenvalue weighted by atomic mass is 10.2. The van der Waals surface area contributed by atoms with Crippen LogP contribution in [-0.4, -0.2) is 24.8 Å². The number of unbranched alkanes of at least 4 members (excludes halogenated alkanes) is 1. The number of carbonyl (C=O) groups is 3. The molecule has 2 aromatic rings. The molecule has 2 aromatic carbocycles. The third-order valence-electron chi connectivity index (χ3n) is 3.89. The molecule has 2 rings (SSSR count). The number of carbonyl (C=O) groups excluding carboxylic acids is 3. The van der Waals surface area contributed by atoms with Crippen molar-refractivity contribution in [3.8, 4) is 5.75 Å². The van der Waals surface area contributed by atoms with Gasteiger partial charge in [0.1, 0.15) is 5.75 Å². The maximum atomic E-state index is 12.2. The molecule has 0 fully saturated rings. The molecule has 0 aliphatic carbocycles. The summed E-state index contributed by atoms with van der Waals surface area (Å²) in [5.74, 6) is -0.388. The molecule has 0 aromatic heterocycles. The average Bonchev–Trinajstić information content (AvgIpc) is 2.70. The average molecular weight is 448 g/mol. The maximum absolute atomic E-state index is 12.2. The van der Waals surface area contributed by atoms with E-state index in [0.29, 0.717) is 33.5 Å². The first kappa shape index (κ1) is 21.4. The van der Waals surface area contributed by atoms with Crippen molar-refractivity contribution >= 4 is 39.3 Å². The number of hydrogen-bond acceptors (Lipinski definition) is 4. The molecule has 0 radical (unpaired) electrons. The Morgan fingerprint density at radius 1 is 0.964 bits per heavy atom. The number of ether oxygens (including phenoxy) is 1. The second kappa shape index (κ2) is 10.5. The fourth-order valence-corrected chi connectivity index (χ4v) is 2.87. The highest BCUT2D eigenvalue weighted by Crippen LogP contribution is 2.25. The molecule has 0 bridgehead atoms. The summed E-state index contributed by atoms with van der Waals surface area (Å²) in [5, 5.41) is 2.77. The third-order valence-corrected chi connectivity index (χ3v) is 4.51. The van der Waals surface area contributed by atoms with Crippen molar-refractivity contribution in [2.75, 3.05) is 12.4 Å². The van der Waals surface area contributed by atoms with Crippen LogP contribution in [0.25, 0.3) is 0 Å². The second-order valence-corrected chi connectivity index (χ2v) is 6.84. The minimum absolute atomic E-state index is 0.0584. The lowest BCUT2D eigenvalue weighted by Gasteiger charge is -2.10. The minimum atomic E-state index is -0.468. The van der Waals surface area contributed by atoms with Crippen molar-refractivity contribution in [2.45, 2.75) is 26.2 Å². The van der Waals surface area contributed by atoms with Crippen molar-refractivity contribution in [1.29, 1.82) is 0 Å². The zero-order chi connectivity index (χ0) is 20.5. The summed E-state index contributed by atoms with van der Waals surface area (Å²) < 4.78 is 5.74. The van der Waals surface area contributed by atoms with E-state index in [4.69, 9.17) is 4.74 Å². The number of halogens is 1. The molecule has 0 unspecified atom stereocenters. The van der Waals surface area contributed by atoms with Gasteiger partial charge in [-0.2, -0.15) is 0 Å². The van der Waals surface area contributed by atoms with E-state index in [2.05, 4.69) is 32.1 Å². The summed E-state index contributed by atoms with van der Waals surface area (Å²) in [6.45, 7) is 2.02. The number of rotatable bonds is 7. The third kappa shape index (κ3) is 6.09. The SMILES string of the molecule is CCCCC(=O)Nc1ccc(C(=O)NNC(=O)c2ccc(OC)c(Br)c2)cc1. The predicted molar refractivity (Wildman–Crippen MR) is 110 cm³/mol. The van der Waals surface area contributed by atoms with E-state index in [1.165, 1.54) is 7.11 Å². The van der Waals surface area contributed by atoms with Crippen LogP contribution < -0.4 is 20.9 Å². The van der Waals surface area contributed by atoms with Gasteiger partial charge in [0.25, 0.3) is 11.8 Å². The molecule has 28 heavy (non-hydrogen) atoms. The fourth-order valence-electron chi connectivity index (χ4n) is 2.33. The molecule has 0 aliphatic rings. The van der Waals surface area contributed by atoms with Crippen molar-refractivity contribution in [3.05, 3.63) is 58.1 Å². The summed E-state index contributed by atoms with van der Waals surface area (Å²) in [6, 6.07) is 11.2. The quantitative estimate of drug-likeness (QED) is 0.564. The van der Waals surface area contributed by atoms with E-state index in [1.54, 1.807) is 42.5 Å². The van der Waals surface area contributed by atoms with Gasteiger partial charge in [0, 0.05) is 23.2 Å². The molecular weight excluding hydrogens is 426 g/mol. The number of nitrogens with one attached hydrogen (secondary N) is 3. The fraction of sp³-hybridized carbons (Fsp3) is 0.250. The zero-order valence-electron chi connectivity index (χ0n) is 15.7. The Kier molecular flexibility index (Phi) is 8.01. The predicted octanol–water partition coefficient (Wildman–Crippen LogP) is 3.66. The van der Waals surface area contributed by atoms with Gasteiger partial charge in [-0.1, -0.05) is 13.3 Å². The van der Waals surface area contributed by atoms with E-state index in [-0.39, 0.29) is 5.91 Å². The molecule has 0 saturated heterocycles. The van der Waals surface area contributed by atoms with Gasteiger partial charge in [-0.15, -0.1) is 0 Å². The molecule has 3 N–H and O–H groups in total. The number of methoxy groups -OCH3 is 1. The second-order valence-electron chi connectivity index (χ2n) is 5.99. The van der Waals surface area contributed by atoms with Gasteiger partial charge in [-0.25, -0.2) is 0 Å². The van der Waals surface area contributed by atoms with E-state index >= 15 is 0 Å². The number of hydrazine groups is 1. The van der Waals surface area contributed by atoms with E-state index in [1.807, 2.05) is 6.92 Å². The van der Waals surface area contributed by atoms with Gasteiger partial charge < -0.3 is 10.1 Å². The normalized spacial score (nSPS) is 10.1. The molecular formula is C20H22BrN3O4. The first-order valence-corrected chi connectivity index (χ1v) is 9.58. The Labute approximate surface area is 171 Å². The van der Waals surface area contributed by atoms with E-state index in [9.17, 15) is 14.4 Å². The summed E-state index contributed by atoms with van der Waals surface area (Å²) in [5.41, 5.74) is 6.05. The molecule has 7 nitrogen and oxygen atoms in total. The topological polar surface area (TPSA) is 96.5 Å². The van der Waals surface area contributed by atoms with Crippen LogP contribution in [0.4, 0.5) is 5.69 Å². The number of benzene rings is 2. The highest BCUT2D eigenvalue weighted by Gasteiger charge is 2.11. The van der Waals surface area contributed by atoms with E-state index < -0.39 is 11.8 Å². The van der Waals surface area contributed by atoms with Gasteiger partial charge in [-0.3, -0.25) is 25.2 Å². The Morgan fingerprint density at radius 3 is 2.14 bits per heavy atom. The van der Waals surface area contributed by atoms with Gasteiger partial charge in [0.15, 0.2) is 0 Å². The minimum Gasteiger partial charge on any atom is -0.496 e. The Balaban J connectivity index is 1.89. The summed E-state index contributed by atoms with van der Waals surface area (Å²) in [4.78, 5) is 36.1. The van der Waals surface area contributed by atoms with Gasteiger partial charge >= 0.3 is 0 Å². The largest absolute Gasteiger partial charge is 0.496 e.